The van der Waals surface area contributed by atoms with Crippen molar-refractivity contribution in [1.82, 2.24) is 4.90 Å². The molecule has 0 radical (unpaired) electrons. The summed E-state index contributed by atoms with van der Waals surface area (Å²) in [5.41, 5.74) is 0.974. The molecule has 6 nitrogen and oxygen atoms in total. The van der Waals surface area contributed by atoms with E-state index in [0.717, 1.165) is 5.56 Å². The Hall–Kier alpha value is -2.73. The summed E-state index contributed by atoms with van der Waals surface area (Å²) in [4.78, 5) is 24.3. The number of likely N-dealkylation sites (tertiary alicyclic amines) is 1. The number of nitro benzene ring substituents is 1. The van der Waals surface area contributed by atoms with Gasteiger partial charge in [-0.15, -0.1) is 0 Å². The lowest BCUT2D eigenvalue weighted by atomic mass is 9.85. The molecule has 0 spiro atoms. The molecule has 2 aromatic rings. The molecule has 1 amide bonds. The summed E-state index contributed by atoms with van der Waals surface area (Å²) in [5, 5.41) is 10.7. The minimum absolute atomic E-state index is 0.0271. The van der Waals surface area contributed by atoms with Crippen molar-refractivity contribution >= 4 is 11.6 Å². The first kappa shape index (κ1) is 15.2. The minimum Gasteiger partial charge on any atom is -0.370 e. The van der Waals surface area contributed by atoms with Crippen LogP contribution in [-0.2, 0) is 10.3 Å². The van der Waals surface area contributed by atoms with Crippen molar-refractivity contribution in [3.05, 3.63) is 75.8 Å². The topological polar surface area (TPSA) is 72.7 Å². The Labute approximate surface area is 133 Å². The van der Waals surface area contributed by atoms with Gasteiger partial charge >= 0.3 is 0 Å². The van der Waals surface area contributed by atoms with E-state index in [1.54, 1.807) is 12.0 Å². The number of rotatable bonds is 4. The Bertz CT molecular complexity index is 722. The molecule has 1 aliphatic rings. The van der Waals surface area contributed by atoms with E-state index in [2.05, 4.69) is 0 Å². The third kappa shape index (κ3) is 2.68. The second kappa shape index (κ2) is 5.81. The molecule has 2 aromatic carbocycles. The van der Waals surface area contributed by atoms with Crippen molar-refractivity contribution in [2.75, 3.05) is 20.2 Å². The third-order valence-corrected chi connectivity index (χ3v) is 4.20. The smallest absolute Gasteiger partial charge is 0.269 e. The van der Waals surface area contributed by atoms with Gasteiger partial charge in [0.25, 0.3) is 11.6 Å². The van der Waals surface area contributed by atoms with Gasteiger partial charge in [0.2, 0.25) is 0 Å². The van der Waals surface area contributed by atoms with Crippen molar-refractivity contribution in [2.45, 2.75) is 5.60 Å². The average Bonchev–Trinajstić information content (AvgIpc) is 2.55. The van der Waals surface area contributed by atoms with E-state index < -0.39 is 10.5 Å². The summed E-state index contributed by atoms with van der Waals surface area (Å²) in [6.45, 7) is 0.923. The molecule has 0 N–H and O–H groups in total. The largest absolute Gasteiger partial charge is 0.370 e. The molecule has 0 aliphatic carbocycles. The first-order valence-corrected chi connectivity index (χ1v) is 7.20. The summed E-state index contributed by atoms with van der Waals surface area (Å²) >= 11 is 0. The minimum atomic E-state index is -0.483. The zero-order valence-corrected chi connectivity index (χ0v) is 12.6. The monoisotopic (exact) mass is 312 g/mol. The van der Waals surface area contributed by atoms with E-state index in [-0.39, 0.29) is 11.6 Å². The van der Waals surface area contributed by atoms with Gasteiger partial charge in [-0.05, 0) is 17.7 Å². The van der Waals surface area contributed by atoms with Gasteiger partial charge in [0, 0.05) is 24.8 Å². The molecule has 23 heavy (non-hydrogen) atoms. The quantitative estimate of drug-likeness (QED) is 0.642. The van der Waals surface area contributed by atoms with E-state index in [4.69, 9.17) is 4.74 Å². The van der Waals surface area contributed by atoms with Crippen molar-refractivity contribution in [1.29, 1.82) is 0 Å². The number of carbonyl (C=O) groups excluding carboxylic acids is 1. The average molecular weight is 312 g/mol. The Balaban J connectivity index is 1.73. The zero-order valence-electron chi connectivity index (χ0n) is 12.6. The number of carbonyl (C=O) groups is 1. The molecule has 0 bridgehead atoms. The van der Waals surface area contributed by atoms with Crippen LogP contribution in [0.15, 0.2) is 54.6 Å². The molecule has 0 saturated carbocycles. The summed E-state index contributed by atoms with van der Waals surface area (Å²) < 4.78 is 5.64. The van der Waals surface area contributed by atoms with Crippen molar-refractivity contribution in [3.8, 4) is 0 Å². The van der Waals surface area contributed by atoms with E-state index in [0.29, 0.717) is 18.7 Å². The Morgan fingerprint density at radius 3 is 2.26 bits per heavy atom. The molecule has 1 heterocycles. The molecule has 1 saturated heterocycles. The lowest BCUT2D eigenvalue weighted by molar-refractivity contribution is -0.384. The maximum absolute atomic E-state index is 12.4. The normalized spacial score (nSPS) is 15.8. The van der Waals surface area contributed by atoms with Gasteiger partial charge < -0.3 is 9.64 Å². The fourth-order valence-electron chi connectivity index (χ4n) is 2.79. The van der Waals surface area contributed by atoms with Gasteiger partial charge in [-0.25, -0.2) is 0 Å². The number of nitrogens with zero attached hydrogens (tertiary/aromatic N) is 2. The van der Waals surface area contributed by atoms with E-state index >= 15 is 0 Å². The zero-order chi connectivity index (χ0) is 16.4. The first-order valence-electron chi connectivity index (χ1n) is 7.20. The molecular formula is C17H16N2O4. The summed E-state index contributed by atoms with van der Waals surface area (Å²) in [6.07, 6.45) is 0. The van der Waals surface area contributed by atoms with Crippen LogP contribution in [0.5, 0.6) is 0 Å². The van der Waals surface area contributed by atoms with E-state index in [1.807, 2.05) is 30.3 Å². The molecule has 6 heteroatoms. The van der Waals surface area contributed by atoms with Gasteiger partial charge in [0.1, 0.15) is 5.60 Å². The molecule has 1 aliphatic heterocycles. The molecular weight excluding hydrogens is 296 g/mol. The maximum Gasteiger partial charge on any atom is 0.269 e. The molecule has 0 aromatic heterocycles. The fourth-order valence-corrected chi connectivity index (χ4v) is 2.79. The summed E-state index contributed by atoms with van der Waals surface area (Å²) in [6, 6.07) is 15.4. The third-order valence-electron chi connectivity index (χ3n) is 4.20. The van der Waals surface area contributed by atoms with Crippen LogP contribution in [0.25, 0.3) is 0 Å². The van der Waals surface area contributed by atoms with Crippen LogP contribution >= 0.6 is 0 Å². The van der Waals surface area contributed by atoms with Gasteiger partial charge in [-0.1, -0.05) is 30.3 Å². The highest BCUT2D eigenvalue weighted by atomic mass is 16.6. The summed E-state index contributed by atoms with van der Waals surface area (Å²) in [7, 11) is 1.64. The van der Waals surface area contributed by atoms with Crippen LogP contribution in [0, 0.1) is 10.1 Å². The van der Waals surface area contributed by atoms with Crippen LogP contribution in [0.3, 0.4) is 0 Å². The molecule has 0 atom stereocenters. The number of non-ortho nitro benzene ring substituents is 1. The molecule has 1 fully saturated rings. The van der Waals surface area contributed by atoms with Crippen LogP contribution in [0.1, 0.15) is 15.9 Å². The van der Waals surface area contributed by atoms with Crippen molar-refractivity contribution < 1.29 is 14.5 Å². The highest BCUT2D eigenvalue weighted by Gasteiger charge is 2.47. The maximum atomic E-state index is 12.4. The SMILES string of the molecule is COC1(c2ccccc2)CN(C(=O)c2ccc([N+](=O)[O-])cc2)C1. The number of amides is 1. The van der Waals surface area contributed by atoms with E-state index in [9.17, 15) is 14.9 Å². The molecule has 118 valence electrons. The number of methoxy groups -OCH3 is 1. The van der Waals surface area contributed by atoms with Crippen LogP contribution < -0.4 is 0 Å². The Kier molecular flexibility index (Phi) is 3.83. The highest BCUT2D eigenvalue weighted by Crippen LogP contribution is 2.36. The van der Waals surface area contributed by atoms with Gasteiger partial charge in [-0.2, -0.15) is 0 Å². The standard InChI is InChI=1S/C17H16N2O4/c1-23-17(14-5-3-2-4-6-14)11-18(12-17)16(20)13-7-9-15(10-8-13)19(21)22/h2-10H,11-12H2,1H3. The second-order valence-electron chi connectivity index (χ2n) is 5.53. The lowest BCUT2D eigenvalue weighted by Gasteiger charge is -2.49. The van der Waals surface area contributed by atoms with Crippen molar-refractivity contribution in [3.63, 3.8) is 0 Å². The number of nitro groups is 1. The Morgan fingerprint density at radius 2 is 1.74 bits per heavy atom. The van der Waals surface area contributed by atoms with Crippen molar-refractivity contribution in [2.24, 2.45) is 0 Å². The summed E-state index contributed by atoms with van der Waals surface area (Å²) in [5.74, 6) is -0.150. The van der Waals surface area contributed by atoms with Gasteiger partial charge in [0.05, 0.1) is 18.0 Å². The Morgan fingerprint density at radius 1 is 1.13 bits per heavy atom. The molecule has 3 rings (SSSR count). The first-order chi connectivity index (χ1) is 11.1. The van der Waals surface area contributed by atoms with E-state index in [1.165, 1.54) is 24.3 Å². The molecule has 0 unspecified atom stereocenters. The van der Waals surface area contributed by atoms with Crippen LogP contribution in [-0.4, -0.2) is 35.9 Å². The number of hydrogen-bond donors (Lipinski definition) is 0. The van der Waals surface area contributed by atoms with Crippen LogP contribution in [0.2, 0.25) is 0 Å². The highest BCUT2D eigenvalue weighted by molar-refractivity contribution is 5.95. The number of hydrogen-bond acceptors (Lipinski definition) is 4. The van der Waals surface area contributed by atoms with Gasteiger partial charge in [-0.3, -0.25) is 14.9 Å². The second-order valence-corrected chi connectivity index (χ2v) is 5.53. The lowest BCUT2D eigenvalue weighted by Crippen LogP contribution is -2.62. The fraction of sp³-hybridized carbons (Fsp3) is 0.235. The van der Waals surface area contributed by atoms with Gasteiger partial charge in [0.15, 0.2) is 0 Å². The number of benzene rings is 2. The van der Waals surface area contributed by atoms with Crippen LogP contribution in [0.4, 0.5) is 5.69 Å². The number of ether oxygens (including phenoxy) is 1. The predicted molar refractivity (Wildman–Crippen MR) is 84.1 cm³/mol. The predicted octanol–water partition coefficient (Wildman–Crippen LogP) is 2.59.